The molecular formula is C26H34ClN3O. The average molecular weight is 440 g/mol. The Labute approximate surface area is 191 Å². The Morgan fingerprint density at radius 3 is 2.35 bits per heavy atom. The second-order valence-electron chi connectivity index (χ2n) is 8.26. The number of hydrogen-bond donors (Lipinski definition) is 1. The van der Waals surface area contributed by atoms with Crippen molar-refractivity contribution in [3.8, 4) is 0 Å². The molecule has 1 atom stereocenters. The number of carbonyl (C=O) groups is 1. The van der Waals surface area contributed by atoms with E-state index in [0.29, 0.717) is 10.6 Å². The normalized spacial score (nSPS) is 12.2. The molecule has 3 rings (SSSR count). The molecule has 0 saturated carbocycles. The van der Waals surface area contributed by atoms with Gasteiger partial charge < -0.3 is 9.88 Å². The van der Waals surface area contributed by atoms with Crippen LogP contribution in [-0.2, 0) is 6.54 Å². The first kappa shape index (κ1) is 23.3. The van der Waals surface area contributed by atoms with Gasteiger partial charge in [-0.3, -0.25) is 4.79 Å². The number of benzene rings is 2. The lowest BCUT2D eigenvalue weighted by atomic mass is 10.1. The van der Waals surface area contributed by atoms with Crippen molar-refractivity contribution in [2.45, 2.75) is 77.8 Å². The number of nitrogens with zero attached hydrogens (tertiary/aromatic N) is 2. The molecule has 5 heteroatoms. The van der Waals surface area contributed by atoms with Crippen LogP contribution in [0.1, 0.15) is 87.4 Å². The fraction of sp³-hybridized carbons (Fsp3) is 0.462. The van der Waals surface area contributed by atoms with E-state index >= 15 is 0 Å². The van der Waals surface area contributed by atoms with E-state index in [9.17, 15) is 4.79 Å². The lowest BCUT2D eigenvalue weighted by Gasteiger charge is -2.17. The minimum absolute atomic E-state index is 0.177. The molecule has 1 N–H and O–H groups in total. The van der Waals surface area contributed by atoms with E-state index in [1.54, 1.807) is 12.1 Å². The maximum absolute atomic E-state index is 12.8. The van der Waals surface area contributed by atoms with Gasteiger partial charge in [-0.05, 0) is 37.6 Å². The number of aryl methyl sites for hydroxylation is 1. The molecule has 0 aliphatic carbocycles. The molecule has 4 nitrogen and oxygen atoms in total. The van der Waals surface area contributed by atoms with E-state index in [2.05, 4.69) is 22.9 Å². The number of carbonyl (C=O) groups excluding carboxylic acids is 1. The number of amides is 1. The zero-order valence-corrected chi connectivity index (χ0v) is 19.5. The summed E-state index contributed by atoms with van der Waals surface area (Å²) in [5.74, 6) is 0.716. The number of hydrogen-bond acceptors (Lipinski definition) is 2. The highest BCUT2D eigenvalue weighted by molar-refractivity contribution is 6.33. The number of nitrogens with one attached hydrogen (secondary N) is 1. The van der Waals surface area contributed by atoms with Crippen LogP contribution in [0.25, 0.3) is 11.0 Å². The van der Waals surface area contributed by atoms with Gasteiger partial charge in [0.05, 0.1) is 27.7 Å². The first-order valence-corrected chi connectivity index (χ1v) is 12.0. The van der Waals surface area contributed by atoms with E-state index in [4.69, 9.17) is 16.6 Å². The third-order valence-electron chi connectivity index (χ3n) is 5.77. The van der Waals surface area contributed by atoms with Gasteiger partial charge in [0.2, 0.25) is 0 Å². The van der Waals surface area contributed by atoms with Gasteiger partial charge >= 0.3 is 0 Å². The lowest BCUT2D eigenvalue weighted by molar-refractivity contribution is 0.0938. The summed E-state index contributed by atoms with van der Waals surface area (Å²) in [5, 5.41) is 3.54. The van der Waals surface area contributed by atoms with Gasteiger partial charge in [-0.1, -0.05) is 87.7 Å². The second kappa shape index (κ2) is 11.9. The molecule has 0 aliphatic rings. The van der Waals surface area contributed by atoms with Crippen molar-refractivity contribution in [3.05, 3.63) is 64.9 Å². The summed E-state index contributed by atoms with van der Waals surface area (Å²) in [6.07, 6.45) is 10.3. The summed E-state index contributed by atoms with van der Waals surface area (Å²) >= 11 is 6.20. The number of para-hydroxylation sites is 2. The van der Waals surface area contributed by atoms with Crippen molar-refractivity contribution >= 4 is 28.5 Å². The van der Waals surface area contributed by atoms with Crippen LogP contribution in [0.2, 0.25) is 5.02 Å². The number of aromatic nitrogens is 2. The van der Waals surface area contributed by atoms with E-state index in [1.165, 1.54) is 44.9 Å². The highest BCUT2D eigenvalue weighted by Crippen LogP contribution is 2.23. The minimum atomic E-state index is -0.217. The zero-order valence-electron chi connectivity index (χ0n) is 18.7. The summed E-state index contributed by atoms with van der Waals surface area (Å²) < 4.78 is 2.27. The fourth-order valence-corrected chi connectivity index (χ4v) is 4.27. The summed E-state index contributed by atoms with van der Waals surface area (Å²) in [7, 11) is 0. The Balaban J connectivity index is 1.66. The first-order chi connectivity index (χ1) is 15.1. The predicted molar refractivity (Wildman–Crippen MR) is 130 cm³/mol. The molecule has 1 amide bonds. The summed E-state index contributed by atoms with van der Waals surface area (Å²) in [6, 6.07) is 15.1. The molecule has 1 unspecified atom stereocenters. The maximum atomic E-state index is 12.8. The van der Waals surface area contributed by atoms with Gasteiger partial charge in [-0.15, -0.1) is 0 Å². The summed E-state index contributed by atoms with van der Waals surface area (Å²) in [4.78, 5) is 17.6. The minimum Gasteiger partial charge on any atom is -0.342 e. The molecule has 0 spiro atoms. The topological polar surface area (TPSA) is 46.9 Å². The van der Waals surface area contributed by atoms with Crippen LogP contribution in [0.4, 0.5) is 0 Å². The lowest BCUT2D eigenvalue weighted by Crippen LogP contribution is -2.29. The van der Waals surface area contributed by atoms with Crippen molar-refractivity contribution in [1.29, 1.82) is 0 Å². The quantitative estimate of drug-likeness (QED) is 0.300. The highest BCUT2D eigenvalue weighted by Gasteiger charge is 2.19. The predicted octanol–water partition coefficient (Wildman–Crippen LogP) is 7.32. The average Bonchev–Trinajstić information content (AvgIpc) is 3.14. The number of rotatable bonds is 12. The highest BCUT2D eigenvalue weighted by atomic mass is 35.5. The van der Waals surface area contributed by atoms with Crippen LogP contribution in [0.3, 0.4) is 0 Å². The molecule has 0 saturated heterocycles. The molecule has 166 valence electrons. The fourth-order valence-electron chi connectivity index (χ4n) is 4.05. The van der Waals surface area contributed by atoms with Crippen molar-refractivity contribution in [2.75, 3.05) is 0 Å². The number of unbranched alkanes of at least 4 members (excludes halogenated alkanes) is 7. The smallest absolute Gasteiger partial charge is 0.253 e. The standard InChI is InChI=1S/C26H34ClN3O/c1-3-4-5-6-7-8-9-14-19-30-24-18-13-12-17-23(24)29-25(30)20(2)28-26(31)21-15-10-11-16-22(21)27/h10-13,15-18,20H,3-9,14,19H2,1-2H3,(H,28,31). The number of imidazole rings is 1. The molecule has 0 fully saturated rings. The first-order valence-electron chi connectivity index (χ1n) is 11.6. The van der Waals surface area contributed by atoms with E-state index in [-0.39, 0.29) is 11.9 Å². The van der Waals surface area contributed by atoms with Gasteiger partial charge in [0.25, 0.3) is 5.91 Å². The SMILES string of the molecule is CCCCCCCCCCn1c(C(C)NC(=O)c2ccccc2Cl)nc2ccccc21. The van der Waals surface area contributed by atoms with Crippen LogP contribution in [0.15, 0.2) is 48.5 Å². The van der Waals surface area contributed by atoms with Crippen LogP contribution < -0.4 is 5.32 Å². The Morgan fingerprint density at radius 2 is 1.61 bits per heavy atom. The molecule has 0 bridgehead atoms. The Kier molecular flexibility index (Phi) is 8.96. The Hall–Kier alpha value is -2.33. The molecular weight excluding hydrogens is 406 g/mol. The molecule has 31 heavy (non-hydrogen) atoms. The third-order valence-corrected chi connectivity index (χ3v) is 6.10. The van der Waals surface area contributed by atoms with Crippen molar-refractivity contribution < 1.29 is 4.79 Å². The molecule has 1 heterocycles. The van der Waals surface area contributed by atoms with Crippen LogP contribution in [0.5, 0.6) is 0 Å². The van der Waals surface area contributed by atoms with Gasteiger partial charge in [-0.25, -0.2) is 4.98 Å². The van der Waals surface area contributed by atoms with Crippen molar-refractivity contribution in [2.24, 2.45) is 0 Å². The van der Waals surface area contributed by atoms with E-state index in [0.717, 1.165) is 29.8 Å². The van der Waals surface area contributed by atoms with Crippen molar-refractivity contribution in [1.82, 2.24) is 14.9 Å². The number of halogens is 1. The second-order valence-corrected chi connectivity index (χ2v) is 8.67. The van der Waals surface area contributed by atoms with Crippen molar-refractivity contribution in [3.63, 3.8) is 0 Å². The molecule has 3 aromatic rings. The van der Waals surface area contributed by atoms with Crippen LogP contribution in [-0.4, -0.2) is 15.5 Å². The Morgan fingerprint density at radius 1 is 0.968 bits per heavy atom. The van der Waals surface area contributed by atoms with E-state index in [1.807, 2.05) is 37.3 Å². The van der Waals surface area contributed by atoms with E-state index < -0.39 is 0 Å². The zero-order chi connectivity index (χ0) is 22.1. The largest absolute Gasteiger partial charge is 0.342 e. The van der Waals surface area contributed by atoms with Gasteiger partial charge in [0.1, 0.15) is 5.82 Å². The van der Waals surface area contributed by atoms with Crippen LogP contribution in [0, 0.1) is 0 Å². The Bertz CT molecular complexity index is 982. The molecule has 1 aromatic heterocycles. The molecule has 0 aliphatic heterocycles. The number of fused-ring (bicyclic) bond motifs is 1. The third kappa shape index (κ3) is 6.33. The van der Waals surface area contributed by atoms with Gasteiger partial charge in [0.15, 0.2) is 0 Å². The summed E-state index contributed by atoms with van der Waals surface area (Å²) in [6.45, 7) is 5.15. The van der Waals surface area contributed by atoms with Crippen LogP contribution >= 0.6 is 11.6 Å². The molecule has 0 radical (unpaired) electrons. The molecule has 2 aromatic carbocycles. The van der Waals surface area contributed by atoms with Gasteiger partial charge in [0, 0.05) is 6.54 Å². The summed E-state index contributed by atoms with van der Waals surface area (Å²) in [5.41, 5.74) is 2.58. The monoisotopic (exact) mass is 439 g/mol. The van der Waals surface area contributed by atoms with Gasteiger partial charge in [-0.2, -0.15) is 0 Å². The maximum Gasteiger partial charge on any atom is 0.253 e.